The number of cyclic esters (lactones) is 1. The Bertz CT molecular complexity index is 211. The van der Waals surface area contributed by atoms with Gasteiger partial charge in [-0.05, 0) is 0 Å². The summed E-state index contributed by atoms with van der Waals surface area (Å²) in [6, 6.07) is 0. The van der Waals surface area contributed by atoms with Crippen LogP contribution in [0.25, 0.3) is 0 Å². The molecule has 1 fully saturated rings. The zero-order chi connectivity index (χ0) is 7.72. The highest BCUT2D eigenvalue weighted by atomic mass is 16.5. The van der Waals surface area contributed by atoms with Gasteiger partial charge >= 0.3 is 5.97 Å². The summed E-state index contributed by atoms with van der Waals surface area (Å²) in [7, 11) is 0. The van der Waals surface area contributed by atoms with Crippen LogP contribution in [0.4, 0.5) is 0 Å². The van der Waals surface area contributed by atoms with Gasteiger partial charge in [-0.3, -0.25) is 10.2 Å². The number of rotatable bonds is 1. The molecule has 0 spiro atoms. The molecule has 0 bridgehead atoms. The van der Waals surface area contributed by atoms with Crippen LogP contribution in [0.3, 0.4) is 0 Å². The van der Waals surface area contributed by atoms with Crippen LogP contribution in [0.15, 0.2) is 0 Å². The van der Waals surface area contributed by atoms with Crippen LogP contribution < -0.4 is 5.73 Å². The molecule has 54 valence electrons. The lowest BCUT2D eigenvalue weighted by atomic mass is 10.1. The number of ether oxygens (including phenoxy) is 1. The molecule has 0 radical (unpaired) electrons. The van der Waals surface area contributed by atoms with E-state index in [4.69, 9.17) is 11.1 Å². The van der Waals surface area contributed by atoms with Crippen molar-refractivity contribution in [3.8, 4) is 0 Å². The number of esters is 1. The maximum absolute atomic E-state index is 10.7. The van der Waals surface area contributed by atoms with Gasteiger partial charge in [-0.15, -0.1) is 0 Å². The third kappa shape index (κ3) is 0.854. The van der Waals surface area contributed by atoms with Gasteiger partial charge in [0.2, 0.25) is 0 Å². The van der Waals surface area contributed by atoms with Crippen molar-refractivity contribution < 1.29 is 14.3 Å². The fraction of sp³-hybridized carbons (Fsp3) is 0.400. The van der Waals surface area contributed by atoms with E-state index in [2.05, 4.69) is 4.74 Å². The van der Waals surface area contributed by atoms with Crippen molar-refractivity contribution in [3.63, 3.8) is 0 Å². The Hall–Kier alpha value is -1.39. The number of nitrogens with one attached hydrogen (secondary N) is 1. The highest BCUT2D eigenvalue weighted by molar-refractivity contribution is 6.40. The molecule has 1 unspecified atom stereocenters. The Balaban J connectivity index is 2.76. The van der Waals surface area contributed by atoms with Crippen molar-refractivity contribution in [1.82, 2.24) is 0 Å². The fourth-order valence-electron chi connectivity index (χ4n) is 0.679. The monoisotopic (exact) mass is 142 g/mol. The van der Waals surface area contributed by atoms with Crippen LogP contribution in [0, 0.1) is 11.3 Å². The fourth-order valence-corrected chi connectivity index (χ4v) is 0.679. The van der Waals surface area contributed by atoms with Gasteiger partial charge in [-0.1, -0.05) is 0 Å². The summed E-state index contributed by atoms with van der Waals surface area (Å²) in [4.78, 5) is 21.0. The largest absolute Gasteiger partial charge is 0.459 e. The molecule has 1 saturated heterocycles. The summed E-state index contributed by atoms with van der Waals surface area (Å²) >= 11 is 0. The lowest BCUT2D eigenvalue weighted by Crippen LogP contribution is -2.29. The van der Waals surface area contributed by atoms with Crippen molar-refractivity contribution in [3.05, 3.63) is 0 Å². The molecule has 5 nitrogen and oxygen atoms in total. The smallest absolute Gasteiger partial charge is 0.375 e. The molecule has 1 atom stereocenters. The molecule has 1 aliphatic rings. The van der Waals surface area contributed by atoms with E-state index in [1.165, 1.54) is 0 Å². The number of hydrogen-bond acceptors (Lipinski definition) is 4. The summed E-state index contributed by atoms with van der Waals surface area (Å²) in [5.74, 6) is -2.75. The van der Waals surface area contributed by atoms with E-state index in [1.807, 2.05) is 0 Å². The van der Waals surface area contributed by atoms with Gasteiger partial charge in [-0.25, -0.2) is 4.79 Å². The number of hydrogen-bond donors (Lipinski definition) is 2. The third-order valence-corrected chi connectivity index (χ3v) is 1.27. The Labute approximate surface area is 56.7 Å². The number of ketones is 1. The van der Waals surface area contributed by atoms with E-state index in [9.17, 15) is 9.59 Å². The van der Waals surface area contributed by atoms with Crippen molar-refractivity contribution in [2.75, 3.05) is 6.61 Å². The number of carbonyl (C=O) groups is 2. The molecule has 1 aliphatic heterocycles. The molecular formula is C5H6N2O3. The van der Waals surface area contributed by atoms with Crippen molar-refractivity contribution in [2.24, 2.45) is 11.7 Å². The topological polar surface area (TPSA) is 93.2 Å². The quantitative estimate of drug-likeness (QED) is 0.205. The first-order valence-corrected chi connectivity index (χ1v) is 2.68. The third-order valence-electron chi connectivity index (χ3n) is 1.27. The Morgan fingerprint density at radius 3 is 2.50 bits per heavy atom. The number of amidine groups is 1. The maximum atomic E-state index is 10.7. The van der Waals surface area contributed by atoms with Crippen LogP contribution in [-0.4, -0.2) is 24.2 Å². The average molecular weight is 142 g/mol. The van der Waals surface area contributed by atoms with Crippen LogP contribution in [0.2, 0.25) is 0 Å². The lowest BCUT2D eigenvalue weighted by molar-refractivity contribution is -0.147. The summed E-state index contributed by atoms with van der Waals surface area (Å²) in [5, 5.41) is 6.84. The van der Waals surface area contributed by atoms with Gasteiger partial charge in [0.15, 0.2) is 0 Å². The molecule has 0 aromatic carbocycles. The molecule has 1 heterocycles. The second-order valence-corrected chi connectivity index (χ2v) is 1.97. The second kappa shape index (κ2) is 2.09. The van der Waals surface area contributed by atoms with E-state index >= 15 is 0 Å². The molecule has 0 aromatic heterocycles. The standard InChI is InChI=1S/C5H6N2O3/c6-4(7)2-1-10-5(9)3(2)8/h2H,1H2,(H3,6,7). The number of nitrogens with two attached hydrogens (primary N) is 1. The second-order valence-electron chi connectivity index (χ2n) is 1.97. The van der Waals surface area contributed by atoms with Crippen LogP contribution in [0.1, 0.15) is 0 Å². The molecule has 5 heteroatoms. The SMILES string of the molecule is N=C(N)C1COC(=O)C1=O. The summed E-state index contributed by atoms with van der Waals surface area (Å²) in [6.07, 6.45) is 0. The zero-order valence-corrected chi connectivity index (χ0v) is 5.09. The van der Waals surface area contributed by atoms with Gasteiger partial charge < -0.3 is 10.5 Å². The summed E-state index contributed by atoms with van der Waals surface area (Å²) in [5.41, 5.74) is 4.98. The van der Waals surface area contributed by atoms with Gasteiger partial charge in [-0.2, -0.15) is 0 Å². The molecule has 0 saturated carbocycles. The summed E-state index contributed by atoms with van der Waals surface area (Å²) < 4.78 is 4.33. The maximum Gasteiger partial charge on any atom is 0.375 e. The van der Waals surface area contributed by atoms with Gasteiger partial charge in [0, 0.05) is 0 Å². The van der Waals surface area contributed by atoms with Crippen molar-refractivity contribution in [1.29, 1.82) is 5.41 Å². The molecule has 0 aliphatic carbocycles. The van der Waals surface area contributed by atoms with Crippen LogP contribution in [-0.2, 0) is 14.3 Å². The first-order valence-electron chi connectivity index (χ1n) is 2.68. The highest BCUT2D eigenvalue weighted by Gasteiger charge is 2.36. The number of carbonyl (C=O) groups excluding carboxylic acids is 2. The average Bonchev–Trinajstić information content (AvgIpc) is 2.14. The predicted octanol–water partition coefficient (Wildman–Crippen LogP) is -1.34. The van der Waals surface area contributed by atoms with Gasteiger partial charge in [0.25, 0.3) is 5.78 Å². The molecule has 0 amide bonds. The van der Waals surface area contributed by atoms with E-state index in [1.54, 1.807) is 0 Å². The molecular weight excluding hydrogens is 136 g/mol. The van der Waals surface area contributed by atoms with Gasteiger partial charge in [0.05, 0.1) is 0 Å². The summed E-state index contributed by atoms with van der Waals surface area (Å²) in [6.45, 7) is -0.0764. The van der Waals surface area contributed by atoms with E-state index in [-0.39, 0.29) is 12.4 Å². The minimum absolute atomic E-state index is 0.0764. The minimum atomic E-state index is -0.889. The van der Waals surface area contributed by atoms with Crippen molar-refractivity contribution in [2.45, 2.75) is 0 Å². The predicted molar refractivity (Wildman–Crippen MR) is 31.4 cm³/mol. The van der Waals surface area contributed by atoms with Crippen LogP contribution >= 0.6 is 0 Å². The van der Waals surface area contributed by atoms with E-state index < -0.39 is 17.7 Å². The van der Waals surface area contributed by atoms with E-state index in [0.717, 1.165) is 0 Å². The Morgan fingerprint density at radius 2 is 2.30 bits per heavy atom. The zero-order valence-electron chi connectivity index (χ0n) is 5.09. The normalized spacial score (nSPS) is 24.6. The first kappa shape index (κ1) is 6.73. The minimum Gasteiger partial charge on any atom is -0.459 e. The van der Waals surface area contributed by atoms with E-state index in [0.29, 0.717) is 0 Å². The Morgan fingerprint density at radius 1 is 1.70 bits per heavy atom. The number of Topliss-reactive ketones (excluding diaryl/α,β-unsaturated/α-hetero) is 1. The highest BCUT2D eigenvalue weighted by Crippen LogP contribution is 2.08. The molecule has 0 aromatic rings. The first-order chi connectivity index (χ1) is 4.63. The van der Waals surface area contributed by atoms with Crippen LogP contribution in [0.5, 0.6) is 0 Å². The van der Waals surface area contributed by atoms with Crippen molar-refractivity contribution >= 4 is 17.6 Å². The molecule has 1 rings (SSSR count). The van der Waals surface area contributed by atoms with Gasteiger partial charge in [0.1, 0.15) is 18.4 Å². The Kier molecular flexibility index (Phi) is 1.41. The molecule has 3 N–H and O–H groups in total. The molecule has 10 heavy (non-hydrogen) atoms. The lowest BCUT2D eigenvalue weighted by Gasteiger charge is -1.97.